The van der Waals surface area contributed by atoms with Gasteiger partial charge in [-0.1, -0.05) is 6.07 Å². The van der Waals surface area contributed by atoms with Crippen LogP contribution in [0, 0.1) is 0 Å². The maximum absolute atomic E-state index is 11.8. The molecule has 6 heteroatoms. The summed E-state index contributed by atoms with van der Waals surface area (Å²) in [6.45, 7) is 3.24. The Balaban J connectivity index is 1.76. The molecule has 1 heterocycles. The van der Waals surface area contributed by atoms with Crippen LogP contribution in [-0.2, 0) is 9.53 Å². The van der Waals surface area contributed by atoms with Crippen LogP contribution in [0.3, 0.4) is 0 Å². The minimum absolute atomic E-state index is 0.0836. The van der Waals surface area contributed by atoms with Crippen LogP contribution < -0.4 is 15.5 Å². The highest BCUT2D eigenvalue weighted by atomic mass is 16.5. The molecular weight excluding hydrogens is 246 g/mol. The average Bonchev–Trinajstić information content (AvgIpc) is 2.46. The standard InChI is InChI=1S/C13H19N3O3/c1-18-12-4-2-3-11(9-12)15-13(17)10-14-16-5-7-19-8-6-16/h2-4,9,14H,5-8,10H2,1H3,(H,15,17). The molecule has 19 heavy (non-hydrogen) atoms. The lowest BCUT2D eigenvalue weighted by Crippen LogP contribution is -2.48. The third-order valence-electron chi connectivity index (χ3n) is 2.83. The first-order valence-electron chi connectivity index (χ1n) is 6.28. The van der Waals surface area contributed by atoms with Crippen LogP contribution in [0.5, 0.6) is 5.75 Å². The first-order valence-corrected chi connectivity index (χ1v) is 6.28. The Hall–Kier alpha value is -1.63. The SMILES string of the molecule is COc1cccc(NC(=O)CNN2CCOCC2)c1. The molecule has 1 fully saturated rings. The molecule has 0 unspecified atom stereocenters. The number of amides is 1. The minimum atomic E-state index is -0.0836. The molecular formula is C13H19N3O3. The zero-order valence-electron chi connectivity index (χ0n) is 11.0. The van der Waals surface area contributed by atoms with Gasteiger partial charge >= 0.3 is 0 Å². The number of rotatable bonds is 5. The molecule has 1 aromatic carbocycles. The molecule has 1 saturated heterocycles. The van der Waals surface area contributed by atoms with Crippen LogP contribution in [0.15, 0.2) is 24.3 Å². The molecule has 2 rings (SSSR count). The fraction of sp³-hybridized carbons (Fsp3) is 0.462. The Bertz CT molecular complexity index is 419. The van der Waals surface area contributed by atoms with Gasteiger partial charge < -0.3 is 14.8 Å². The summed E-state index contributed by atoms with van der Waals surface area (Å²) in [6.07, 6.45) is 0. The van der Waals surface area contributed by atoms with Gasteiger partial charge in [-0.3, -0.25) is 4.79 Å². The van der Waals surface area contributed by atoms with Crippen LogP contribution >= 0.6 is 0 Å². The summed E-state index contributed by atoms with van der Waals surface area (Å²) in [6, 6.07) is 7.28. The topological polar surface area (TPSA) is 62.8 Å². The highest BCUT2D eigenvalue weighted by Gasteiger charge is 2.11. The monoisotopic (exact) mass is 265 g/mol. The third kappa shape index (κ3) is 4.51. The van der Waals surface area contributed by atoms with Crippen molar-refractivity contribution in [2.45, 2.75) is 0 Å². The number of benzene rings is 1. The lowest BCUT2D eigenvalue weighted by atomic mass is 10.3. The molecule has 0 spiro atoms. The van der Waals surface area contributed by atoms with E-state index in [-0.39, 0.29) is 12.5 Å². The average molecular weight is 265 g/mol. The lowest BCUT2D eigenvalue weighted by Gasteiger charge is -2.26. The van der Waals surface area contributed by atoms with Gasteiger partial charge in [-0.15, -0.1) is 0 Å². The van der Waals surface area contributed by atoms with Gasteiger partial charge in [0.15, 0.2) is 0 Å². The van der Waals surface area contributed by atoms with Gasteiger partial charge in [-0.05, 0) is 12.1 Å². The minimum Gasteiger partial charge on any atom is -0.497 e. The van der Waals surface area contributed by atoms with E-state index < -0.39 is 0 Å². The summed E-state index contributed by atoms with van der Waals surface area (Å²) in [5.74, 6) is 0.638. The van der Waals surface area contributed by atoms with Gasteiger partial charge in [-0.25, -0.2) is 10.4 Å². The molecule has 1 aliphatic rings. The molecule has 0 aromatic heterocycles. The van der Waals surface area contributed by atoms with Crippen LogP contribution in [0.2, 0.25) is 0 Å². The Morgan fingerprint density at radius 2 is 2.21 bits per heavy atom. The third-order valence-corrected chi connectivity index (χ3v) is 2.83. The predicted octanol–water partition coefficient (Wildman–Crippen LogP) is 0.471. The van der Waals surface area contributed by atoms with E-state index in [2.05, 4.69) is 10.7 Å². The number of morpholine rings is 1. The largest absolute Gasteiger partial charge is 0.497 e. The van der Waals surface area contributed by atoms with E-state index in [0.29, 0.717) is 13.2 Å². The molecule has 1 aromatic rings. The number of hydrogen-bond acceptors (Lipinski definition) is 5. The van der Waals surface area contributed by atoms with E-state index in [1.807, 2.05) is 23.2 Å². The quantitative estimate of drug-likeness (QED) is 0.810. The zero-order chi connectivity index (χ0) is 13.5. The Morgan fingerprint density at radius 1 is 1.42 bits per heavy atom. The zero-order valence-corrected chi connectivity index (χ0v) is 11.0. The molecule has 0 saturated carbocycles. The summed E-state index contributed by atoms with van der Waals surface area (Å²) in [7, 11) is 1.60. The van der Waals surface area contributed by atoms with E-state index in [0.717, 1.165) is 24.5 Å². The van der Waals surface area contributed by atoms with Crippen LogP contribution in [-0.4, -0.2) is 50.9 Å². The van der Waals surface area contributed by atoms with Crippen molar-refractivity contribution in [1.29, 1.82) is 0 Å². The van der Waals surface area contributed by atoms with Crippen LogP contribution in [0.25, 0.3) is 0 Å². The van der Waals surface area contributed by atoms with Gasteiger partial charge in [-0.2, -0.15) is 0 Å². The Morgan fingerprint density at radius 3 is 2.95 bits per heavy atom. The highest BCUT2D eigenvalue weighted by molar-refractivity contribution is 5.92. The van der Waals surface area contributed by atoms with E-state index in [1.165, 1.54) is 0 Å². The summed E-state index contributed by atoms with van der Waals surface area (Å²) < 4.78 is 10.3. The van der Waals surface area contributed by atoms with E-state index in [1.54, 1.807) is 13.2 Å². The number of carbonyl (C=O) groups excluding carboxylic acids is 1. The van der Waals surface area contributed by atoms with Gasteiger partial charge in [0.2, 0.25) is 5.91 Å². The van der Waals surface area contributed by atoms with Gasteiger partial charge in [0.1, 0.15) is 5.75 Å². The summed E-state index contributed by atoms with van der Waals surface area (Å²) in [5, 5.41) is 4.81. The van der Waals surface area contributed by atoms with Crippen molar-refractivity contribution in [1.82, 2.24) is 10.4 Å². The first-order chi connectivity index (χ1) is 9.28. The van der Waals surface area contributed by atoms with Gasteiger partial charge in [0, 0.05) is 24.8 Å². The van der Waals surface area contributed by atoms with Crippen molar-refractivity contribution in [3.8, 4) is 5.75 Å². The second-order valence-corrected chi connectivity index (χ2v) is 4.21. The van der Waals surface area contributed by atoms with Crippen LogP contribution in [0.1, 0.15) is 0 Å². The van der Waals surface area contributed by atoms with Crippen molar-refractivity contribution in [3.05, 3.63) is 24.3 Å². The van der Waals surface area contributed by atoms with Crippen molar-refractivity contribution in [2.75, 3.05) is 45.3 Å². The van der Waals surface area contributed by atoms with Crippen molar-refractivity contribution in [3.63, 3.8) is 0 Å². The number of ether oxygens (including phenoxy) is 2. The fourth-order valence-electron chi connectivity index (χ4n) is 1.81. The second-order valence-electron chi connectivity index (χ2n) is 4.21. The number of hydrogen-bond donors (Lipinski definition) is 2. The maximum Gasteiger partial charge on any atom is 0.239 e. The number of anilines is 1. The Labute approximate surface area is 112 Å². The van der Waals surface area contributed by atoms with Gasteiger partial charge in [0.25, 0.3) is 0 Å². The highest BCUT2D eigenvalue weighted by Crippen LogP contribution is 2.16. The molecule has 2 N–H and O–H groups in total. The predicted molar refractivity (Wildman–Crippen MR) is 72.0 cm³/mol. The number of carbonyl (C=O) groups is 1. The Kier molecular flexibility index (Phi) is 5.14. The first kappa shape index (κ1) is 13.8. The summed E-state index contributed by atoms with van der Waals surface area (Å²) in [5.41, 5.74) is 3.81. The molecule has 1 amide bonds. The molecule has 6 nitrogen and oxygen atoms in total. The summed E-state index contributed by atoms with van der Waals surface area (Å²) >= 11 is 0. The smallest absolute Gasteiger partial charge is 0.239 e. The molecule has 1 aliphatic heterocycles. The molecule has 0 atom stereocenters. The van der Waals surface area contributed by atoms with Crippen molar-refractivity contribution >= 4 is 11.6 Å². The molecule has 0 aliphatic carbocycles. The molecule has 104 valence electrons. The lowest BCUT2D eigenvalue weighted by molar-refractivity contribution is -0.116. The van der Waals surface area contributed by atoms with Crippen LogP contribution in [0.4, 0.5) is 5.69 Å². The van der Waals surface area contributed by atoms with E-state index in [4.69, 9.17) is 9.47 Å². The summed E-state index contributed by atoms with van der Waals surface area (Å²) in [4.78, 5) is 11.8. The second kappa shape index (κ2) is 7.08. The maximum atomic E-state index is 11.8. The number of nitrogens with zero attached hydrogens (tertiary/aromatic N) is 1. The molecule has 0 bridgehead atoms. The number of nitrogens with one attached hydrogen (secondary N) is 2. The number of methoxy groups -OCH3 is 1. The van der Waals surface area contributed by atoms with Gasteiger partial charge in [0.05, 0.1) is 26.9 Å². The number of hydrazine groups is 1. The van der Waals surface area contributed by atoms with E-state index in [9.17, 15) is 4.79 Å². The molecule has 0 radical (unpaired) electrons. The van der Waals surface area contributed by atoms with E-state index >= 15 is 0 Å². The fourth-order valence-corrected chi connectivity index (χ4v) is 1.81. The van der Waals surface area contributed by atoms with Crippen molar-refractivity contribution in [2.24, 2.45) is 0 Å². The van der Waals surface area contributed by atoms with Crippen molar-refractivity contribution < 1.29 is 14.3 Å². The normalized spacial score (nSPS) is 16.1.